The fourth-order valence-electron chi connectivity index (χ4n) is 2.10. The molecule has 0 radical (unpaired) electrons. The number of likely N-dealkylation sites (N-methyl/N-ethyl adjacent to an activating group) is 1. The quantitative estimate of drug-likeness (QED) is 0.804. The van der Waals surface area contributed by atoms with E-state index in [1.165, 1.54) is 5.56 Å². The van der Waals surface area contributed by atoms with Crippen molar-refractivity contribution >= 4 is 5.82 Å². The average molecular weight is 251 g/mol. The normalized spacial score (nSPS) is 19.8. The highest BCUT2D eigenvalue weighted by atomic mass is 16.6. The molecule has 5 heteroatoms. The third-order valence-corrected chi connectivity index (χ3v) is 3.07. The van der Waals surface area contributed by atoms with Gasteiger partial charge in [-0.1, -0.05) is 6.92 Å². The molecule has 1 aliphatic heterocycles. The Morgan fingerprint density at radius 1 is 1.44 bits per heavy atom. The molecule has 2 heterocycles. The van der Waals surface area contributed by atoms with E-state index < -0.39 is 0 Å². The van der Waals surface area contributed by atoms with Crippen molar-refractivity contribution in [1.82, 2.24) is 9.97 Å². The van der Waals surface area contributed by atoms with Crippen LogP contribution >= 0.6 is 0 Å². The summed E-state index contributed by atoms with van der Waals surface area (Å²) >= 11 is 0. The minimum atomic E-state index is 0.128. The van der Waals surface area contributed by atoms with Crippen LogP contribution in [-0.4, -0.2) is 49.5 Å². The Bertz CT molecular complexity index is 392. The lowest BCUT2D eigenvalue weighted by Crippen LogP contribution is -2.39. The van der Waals surface area contributed by atoms with Gasteiger partial charge in [0.1, 0.15) is 11.6 Å². The van der Waals surface area contributed by atoms with E-state index in [1.807, 2.05) is 20.2 Å². The van der Waals surface area contributed by atoms with Gasteiger partial charge in [0, 0.05) is 25.4 Å². The van der Waals surface area contributed by atoms with Crippen LogP contribution < -0.4 is 4.90 Å². The minimum absolute atomic E-state index is 0.128. The third kappa shape index (κ3) is 3.17. The molecule has 0 aromatic carbocycles. The first-order valence-electron chi connectivity index (χ1n) is 6.43. The Hall–Kier alpha value is -1.20. The number of ether oxygens (including phenoxy) is 2. The summed E-state index contributed by atoms with van der Waals surface area (Å²) < 4.78 is 11.1. The lowest BCUT2D eigenvalue weighted by atomic mass is 10.2. The zero-order chi connectivity index (χ0) is 13.0. The Balaban J connectivity index is 2.07. The Morgan fingerprint density at radius 2 is 2.28 bits per heavy atom. The molecule has 0 amide bonds. The minimum Gasteiger partial charge on any atom is -0.376 e. The topological polar surface area (TPSA) is 47.5 Å². The molecule has 1 saturated heterocycles. The predicted octanol–water partition coefficient (Wildman–Crippen LogP) is 1.20. The third-order valence-electron chi connectivity index (χ3n) is 3.07. The van der Waals surface area contributed by atoms with Crippen LogP contribution in [0.3, 0.4) is 0 Å². The lowest BCUT2D eigenvalue weighted by molar-refractivity contribution is -0.0837. The van der Waals surface area contributed by atoms with Crippen LogP contribution in [0.25, 0.3) is 0 Å². The summed E-state index contributed by atoms with van der Waals surface area (Å²) in [5, 5.41) is 0. The highest BCUT2D eigenvalue weighted by molar-refractivity contribution is 5.45. The molecule has 0 bridgehead atoms. The van der Waals surface area contributed by atoms with Crippen molar-refractivity contribution in [2.75, 3.05) is 38.3 Å². The van der Waals surface area contributed by atoms with Gasteiger partial charge in [-0.15, -0.1) is 0 Å². The second-order valence-corrected chi connectivity index (χ2v) is 4.57. The van der Waals surface area contributed by atoms with Crippen molar-refractivity contribution < 1.29 is 9.47 Å². The summed E-state index contributed by atoms with van der Waals surface area (Å²) in [6.45, 7) is 6.87. The summed E-state index contributed by atoms with van der Waals surface area (Å²) in [5.74, 6) is 1.80. The number of anilines is 1. The Kier molecular flexibility index (Phi) is 4.49. The van der Waals surface area contributed by atoms with Crippen molar-refractivity contribution in [3.63, 3.8) is 0 Å². The smallest absolute Gasteiger partial charge is 0.135 e. The van der Waals surface area contributed by atoms with E-state index >= 15 is 0 Å². The predicted molar refractivity (Wildman–Crippen MR) is 70.0 cm³/mol. The van der Waals surface area contributed by atoms with Gasteiger partial charge in [0.25, 0.3) is 0 Å². The second kappa shape index (κ2) is 6.11. The number of hydrogen-bond donors (Lipinski definition) is 0. The lowest BCUT2D eigenvalue weighted by Gasteiger charge is -2.29. The maximum absolute atomic E-state index is 5.66. The Labute approximate surface area is 108 Å². The summed E-state index contributed by atoms with van der Waals surface area (Å²) in [6.07, 6.45) is 2.97. The molecule has 1 aromatic rings. The first-order chi connectivity index (χ1) is 8.70. The van der Waals surface area contributed by atoms with Crippen LogP contribution in [0.1, 0.15) is 18.3 Å². The zero-order valence-electron chi connectivity index (χ0n) is 11.3. The molecule has 0 N–H and O–H groups in total. The van der Waals surface area contributed by atoms with Gasteiger partial charge in [-0.25, -0.2) is 9.97 Å². The highest BCUT2D eigenvalue weighted by Gasteiger charge is 2.18. The van der Waals surface area contributed by atoms with E-state index in [4.69, 9.17) is 9.47 Å². The standard InChI is InChI=1S/C13H21N3O2/c1-4-11-7-14-10(2)15-13(11)16(3)8-12-9-17-5-6-18-12/h7,12H,4-6,8-9H2,1-3H3/t12-/m0/s1. The molecule has 0 aliphatic carbocycles. The van der Waals surface area contributed by atoms with Crippen molar-refractivity contribution in [1.29, 1.82) is 0 Å². The van der Waals surface area contributed by atoms with E-state index in [0.29, 0.717) is 19.8 Å². The fourth-order valence-corrected chi connectivity index (χ4v) is 2.10. The summed E-state index contributed by atoms with van der Waals surface area (Å²) in [5.41, 5.74) is 1.17. The van der Waals surface area contributed by atoms with E-state index in [9.17, 15) is 0 Å². The van der Waals surface area contributed by atoms with Crippen LogP contribution in [0.5, 0.6) is 0 Å². The van der Waals surface area contributed by atoms with Crippen LogP contribution in [-0.2, 0) is 15.9 Å². The van der Waals surface area contributed by atoms with Crippen molar-refractivity contribution in [2.24, 2.45) is 0 Å². The molecule has 2 rings (SSSR count). The molecule has 1 aromatic heterocycles. The number of aryl methyl sites for hydroxylation is 2. The highest BCUT2D eigenvalue weighted by Crippen LogP contribution is 2.17. The van der Waals surface area contributed by atoms with E-state index in [2.05, 4.69) is 21.8 Å². The van der Waals surface area contributed by atoms with Crippen LogP contribution in [0, 0.1) is 6.92 Å². The molecular weight excluding hydrogens is 230 g/mol. The van der Waals surface area contributed by atoms with Crippen molar-refractivity contribution in [2.45, 2.75) is 26.4 Å². The van der Waals surface area contributed by atoms with E-state index in [0.717, 1.165) is 24.6 Å². The molecule has 1 aliphatic rings. The maximum atomic E-state index is 5.66. The van der Waals surface area contributed by atoms with Gasteiger partial charge in [-0.3, -0.25) is 0 Å². The van der Waals surface area contributed by atoms with Crippen LogP contribution in [0.15, 0.2) is 6.20 Å². The van der Waals surface area contributed by atoms with Gasteiger partial charge in [0.15, 0.2) is 0 Å². The largest absolute Gasteiger partial charge is 0.376 e. The van der Waals surface area contributed by atoms with Crippen LogP contribution in [0.4, 0.5) is 5.82 Å². The second-order valence-electron chi connectivity index (χ2n) is 4.57. The molecule has 1 fully saturated rings. The van der Waals surface area contributed by atoms with Crippen LogP contribution in [0.2, 0.25) is 0 Å². The molecule has 0 unspecified atom stereocenters. The van der Waals surface area contributed by atoms with Crippen molar-refractivity contribution in [3.05, 3.63) is 17.6 Å². The molecule has 0 spiro atoms. The summed E-state index contributed by atoms with van der Waals surface area (Å²) in [6, 6.07) is 0. The van der Waals surface area contributed by atoms with Gasteiger partial charge < -0.3 is 14.4 Å². The zero-order valence-corrected chi connectivity index (χ0v) is 11.3. The summed E-state index contributed by atoms with van der Waals surface area (Å²) in [4.78, 5) is 10.9. The molecular formula is C13H21N3O2. The monoisotopic (exact) mass is 251 g/mol. The molecule has 0 saturated carbocycles. The van der Waals surface area contributed by atoms with Gasteiger partial charge in [-0.2, -0.15) is 0 Å². The van der Waals surface area contributed by atoms with Gasteiger partial charge in [-0.05, 0) is 13.3 Å². The number of hydrogen-bond acceptors (Lipinski definition) is 5. The first-order valence-corrected chi connectivity index (χ1v) is 6.43. The first kappa shape index (κ1) is 13.2. The van der Waals surface area contributed by atoms with Gasteiger partial charge >= 0.3 is 0 Å². The maximum Gasteiger partial charge on any atom is 0.135 e. The van der Waals surface area contributed by atoms with Gasteiger partial charge in [0.05, 0.1) is 25.9 Å². The number of nitrogens with zero attached hydrogens (tertiary/aromatic N) is 3. The number of aromatic nitrogens is 2. The van der Waals surface area contributed by atoms with Crippen molar-refractivity contribution in [3.8, 4) is 0 Å². The molecule has 100 valence electrons. The Morgan fingerprint density at radius 3 is 2.94 bits per heavy atom. The SMILES string of the molecule is CCc1cnc(C)nc1N(C)C[C@H]1COCCO1. The van der Waals surface area contributed by atoms with Gasteiger partial charge in [0.2, 0.25) is 0 Å². The van der Waals surface area contributed by atoms with E-state index in [-0.39, 0.29) is 6.10 Å². The summed E-state index contributed by atoms with van der Waals surface area (Å²) in [7, 11) is 2.04. The average Bonchev–Trinajstić information content (AvgIpc) is 2.40. The molecule has 5 nitrogen and oxygen atoms in total. The fraction of sp³-hybridized carbons (Fsp3) is 0.692. The number of rotatable bonds is 4. The molecule has 18 heavy (non-hydrogen) atoms. The molecule has 1 atom stereocenters. The van der Waals surface area contributed by atoms with E-state index in [1.54, 1.807) is 0 Å².